The lowest BCUT2D eigenvalue weighted by Crippen LogP contribution is -2.47. The molecule has 2 saturated heterocycles. The van der Waals surface area contributed by atoms with Crippen molar-refractivity contribution in [2.75, 3.05) is 24.2 Å². The molecule has 3 aromatic heterocycles. The predicted octanol–water partition coefficient (Wildman–Crippen LogP) is 2.38. The Balaban J connectivity index is 1.40. The highest BCUT2D eigenvalue weighted by Crippen LogP contribution is 2.34. The molecular formula is C23H30N8O3. The maximum atomic E-state index is 13.3. The number of likely N-dealkylation sites (tertiary alicyclic amines) is 1. The van der Waals surface area contributed by atoms with Crippen LogP contribution >= 0.6 is 0 Å². The summed E-state index contributed by atoms with van der Waals surface area (Å²) >= 11 is 0. The van der Waals surface area contributed by atoms with E-state index < -0.39 is 11.8 Å². The van der Waals surface area contributed by atoms with Gasteiger partial charge in [-0.15, -0.1) is 0 Å². The van der Waals surface area contributed by atoms with Crippen molar-refractivity contribution in [2.45, 2.75) is 51.3 Å². The summed E-state index contributed by atoms with van der Waals surface area (Å²) in [7, 11) is 1.85. The molecule has 180 valence electrons. The molecule has 3 N–H and O–H groups in total. The fraction of sp³-hybridized carbons (Fsp3) is 0.522. The predicted molar refractivity (Wildman–Crippen MR) is 125 cm³/mol. The van der Waals surface area contributed by atoms with E-state index in [1.807, 2.05) is 13.1 Å². The van der Waals surface area contributed by atoms with Gasteiger partial charge in [0.2, 0.25) is 0 Å². The first kappa shape index (κ1) is 22.3. The molecule has 0 aromatic carbocycles. The first-order chi connectivity index (χ1) is 16.4. The molecule has 2 aliphatic rings. The third-order valence-electron chi connectivity index (χ3n) is 6.77. The number of ether oxygens (including phenoxy) is 1. The number of nitrogen functional groups attached to an aromatic ring is 1. The van der Waals surface area contributed by atoms with Gasteiger partial charge in [-0.2, -0.15) is 10.2 Å². The van der Waals surface area contributed by atoms with E-state index in [4.69, 9.17) is 10.5 Å². The van der Waals surface area contributed by atoms with E-state index in [0.29, 0.717) is 41.5 Å². The minimum atomic E-state index is -0.724. The third kappa shape index (κ3) is 4.11. The maximum Gasteiger partial charge on any atom is 0.314 e. The van der Waals surface area contributed by atoms with Crippen LogP contribution in [-0.4, -0.2) is 54.4 Å². The first-order valence-electron chi connectivity index (χ1n) is 11.8. The Labute approximate surface area is 197 Å². The first-order valence-corrected chi connectivity index (χ1v) is 11.8. The van der Waals surface area contributed by atoms with Crippen LogP contribution in [0.3, 0.4) is 0 Å². The van der Waals surface area contributed by atoms with Crippen molar-refractivity contribution in [1.82, 2.24) is 29.4 Å². The monoisotopic (exact) mass is 466 g/mol. The van der Waals surface area contributed by atoms with Crippen LogP contribution in [0.25, 0.3) is 10.9 Å². The number of carbonyl (C=O) groups excluding carboxylic acids is 2. The fourth-order valence-corrected chi connectivity index (χ4v) is 4.92. The molecule has 5 rings (SSSR count). The number of amides is 2. The number of nitrogens with zero attached hydrogens (tertiary/aromatic N) is 6. The van der Waals surface area contributed by atoms with Gasteiger partial charge in [0.05, 0.1) is 29.0 Å². The molecule has 0 radical (unpaired) electrons. The number of nitrogens with two attached hydrogens (primary N) is 1. The summed E-state index contributed by atoms with van der Waals surface area (Å²) in [5.41, 5.74) is 7.82. The molecule has 0 bridgehead atoms. The van der Waals surface area contributed by atoms with Crippen LogP contribution in [0.1, 0.15) is 57.0 Å². The largest absolute Gasteiger partial charge is 0.383 e. The van der Waals surface area contributed by atoms with Crippen LogP contribution in [0.5, 0.6) is 0 Å². The van der Waals surface area contributed by atoms with Gasteiger partial charge in [-0.1, -0.05) is 6.92 Å². The molecule has 0 saturated carbocycles. The van der Waals surface area contributed by atoms with E-state index in [1.165, 1.54) is 6.20 Å². The van der Waals surface area contributed by atoms with E-state index in [0.717, 1.165) is 37.8 Å². The molecule has 2 fully saturated rings. The van der Waals surface area contributed by atoms with Crippen molar-refractivity contribution in [2.24, 2.45) is 13.0 Å². The normalized spacial score (nSPS) is 23.2. The molecule has 11 heteroatoms. The Bertz CT molecular complexity index is 1210. The molecule has 1 unspecified atom stereocenters. The van der Waals surface area contributed by atoms with Gasteiger partial charge in [0.25, 0.3) is 0 Å². The number of rotatable bonds is 3. The lowest BCUT2D eigenvalue weighted by Gasteiger charge is -2.38. The van der Waals surface area contributed by atoms with E-state index in [-0.39, 0.29) is 12.3 Å². The van der Waals surface area contributed by atoms with Gasteiger partial charge in [-0.25, -0.2) is 9.67 Å². The molecule has 0 spiro atoms. The van der Waals surface area contributed by atoms with Crippen LogP contribution in [0, 0.1) is 5.92 Å². The van der Waals surface area contributed by atoms with Crippen LogP contribution in [0.15, 0.2) is 24.7 Å². The Morgan fingerprint density at radius 1 is 1.24 bits per heavy atom. The van der Waals surface area contributed by atoms with Gasteiger partial charge in [-0.3, -0.25) is 14.3 Å². The van der Waals surface area contributed by atoms with Crippen molar-refractivity contribution in [1.29, 1.82) is 0 Å². The number of hydrogen-bond donors (Lipinski definition) is 2. The number of aromatic nitrogens is 5. The van der Waals surface area contributed by atoms with E-state index in [1.54, 1.807) is 26.7 Å². The zero-order chi connectivity index (χ0) is 23.8. The van der Waals surface area contributed by atoms with E-state index in [9.17, 15) is 9.59 Å². The third-order valence-corrected chi connectivity index (χ3v) is 6.77. The van der Waals surface area contributed by atoms with Crippen molar-refractivity contribution in [3.8, 4) is 0 Å². The van der Waals surface area contributed by atoms with Gasteiger partial charge in [0, 0.05) is 32.6 Å². The number of hydrogen-bond acceptors (Lipinski definition) is 7. The zero-order valence-electron chi connectivity index (χ0n) is 19.5. The molecule has 2 aliphatic heterocycles. The number of aryl methyl sites for hydroxylation is 1. The molecule has 2 amide bonds. The Morgan fingerprint density at radius 2 is 2.09 bits per heavy atom. The van der Waals surface area contributed by atoms with Gasteiger partial charge >= 0.3 is 11.8 Å². The van der Waals surface area contributed by atoms with E-state index >= 15 is 0 Å². The minimum Gasteiger partial charge on any atom is -0.383 e. The minimum absolute atomic E-state index is 0.180. The quantitative estimate of drug-likeness (QED) is 0.566. The topological polar surface area (TPSA) is 133 Å². The van der Waals surface area contributed by atoms with Gasteiger partial charge < -0.3 is 20.7 Å². The zero-order valence-corrected chi connectivity index (χ0v) is 19.5. The molecule has 0 aliphatic carbocycles. The van der Waals surface area contributed by atoms with Crippen LogP contribution in [0.2, 0.25) is 0 Å². The average molecular weight is 467 g/mol. The Kier molecular flexibility index (Phi) is 5.94. The molecular weight excluding hydrogens is 436 g/mol. The summed E-state index contributed by atoms with van der Waals surface area (Å²) in [5, 5.41) is 12.2. The van der Waals surface area contributed by atoms with Gasteiger partial charge in [0.15, 0.2) is 0 Å². The fourth-order valence-electron chi connectivity index (χ4n) is 4.92. The summed E-state index contributed by atoms with van der Waals surface area (Å²) < 4.78 is 9.31. The highest BCUT2D eigenvalue weighted by molar-refractivity contribution is 6.40. The smallest absolute Gasteiger partial charge is 0.314 e. The second-order valence-corrected chi connectivity index (χ2v) is 9.24. The standard InChI is InChI=1S/C23H30N8O3/c1-14-6-7-18(17-8-9-26-29(17)2)30(12-14)23(33)22(32)27-16-11-25-21(24)15-13-31(28-20(15)16)19-5-3-4-10-34-19/h8-9,11,13-14,18-19H,3-7,10,12H2,1-2H3,(H2,24,25)(H,27,32)/t14-,18-,19?/m1/s1. The van der Waals surface area contributed by atoms with Crippen LogP contribution in [-0.2, 0) is 21.4 Å². The number of anilines is 2. The molecule has 3 atom stereocenters. The SMILES string of the molecule is C[C@@H]1CC[C@H](c2ccnn2C)N(C(=O)C(=O)Nc2cnc(N)c3cn(C4CCCCO4)nc23)C1. The van der Waals surface area contributed by atoms with Crippen LogP contribution < -0.4 is 11.1 Å². The van der Waals surface area contributed by atoms with Gasteiger partial charge in [-0.05, 0) is 44.1 Å². The van der Waals surface area contributed by atoms with Crippen LogP contribution in [0.4, 0.5) is 11.5 Å². The summed E-state index contributed by atoms with van der Waals surface area (Å²) in [6, 6.07) is 1.70. The number of pyridine rings is 1. The number of nitrogens with one attached hydrogen (secondary N) is 1. The lowest BCUT2D eigenvalue weighted by molar-refractivity contribution is -0.146. The molecule has 3 aromatic rings. The lowest BCUT2D eigenvalue weighted by atomic mass is 9.92. The summed E-state index contributed by atoms with van der Waals surface area (Å²) in [6.45, 7) is 3.27. The average Bonchev–Trinajstić information content (AvgIpc) is 3.48. The second kappa shape index (κ2) is 9.05. The molecule has 11 nitrogen and oxygen atoms in total. The summed E-state index contributed by atoms with van der Waals surface area (Å²) in [5.74, 6) is -0.699. The molecule has 34 heavy (non-hydrogen) atoms. The summed E-state index contributed by atoms with van der Waals surface area (Å²) in [4.78, 5) is 32.3. The maximum absolute atomic E-state index is 13.3. The van der Waals surface area contributed by atoms with Crippen molar-refractivity contribution >= 4 is 34.2 Å². The van der Waals surface area contributed by atoms with Crippen molar-refractivity contribution in [3.05, 3.63) is 30.4 Å². The van der Waals surface area contributed by atoms with Gasteiger partial charge in [0.1, 0.15) is 17.6 Å². The van der Waals surface area contributed by atoms with E-state index in [2.05, 4.69) is 27.4 Å². The number of piperidine rings is 1. The number of fused-ring (bicyclic) bond motifs is 1. The van der Waals surface area contributed by atoms with Crippen molar-refractivity contribution < 1.29 is 14.3 Å². The highest BCUT2D eigenvalue weighted by Gasteiger charge is 2.35. The second-order valence-electron chi connectivity index (χ2n) is 9.24. The van der Waals surface area contributed by atoms with Crippen molar-refractivity contribution in [3.63, 3.8) is 0 Å². The Morgan fingerprint density at radius 3 is 2.82 bits per heavy atom. The number of carbonyl (C=O) groups is 2. The Hall–Kier alpha value is -3.47. The highest BCUT2D eigenvalue weighted by atomic mass is 16.5. The summed E-state index contributed by atoms with van der Waals surface area (Å²) in [6.07, 6.45) is 9.44. The molecule has 5 heterocycles.